The fourth-order valence-corrected chi connectivity index (χ4v) is 2.93. The van der Waals surface area contributed by atoms with Crippen LogP contribution in [-0.4, -0.2) is 23.0 Å². The van der Waals surface area contributed by atoms with Gasteiger partial charge >= 0.3 is 0 Å². The van der Waals surface area contributed by atoms with Crippen LogP contribution in [0.1, 0.15) is 29.6 Å². The zero-order chi connectivity index (χ0) is 14.7. The minimum atomic E-state index is -0.489. The maximum absolute atomic E-state index is 13.4. The highest BCUT2D eigenvalue weighted by atomic mass is 79.9. The summed E-state index contributed by atoms with van der Waals surface area (Å²) in [5, 5.41) is 14.6. The van der Waals surface area contributed by atoms with Crippen LogP contribution in [0.15, 0.2) is 27.8 Å². The van der Waals surface area contributed by atoms with Crippen LogP contribution < -0.4 is 11.1 Å². The number of carbonyl (C=O) groups is 1. The third-order valence-electron chi connectivity index (χ3n) is 3.52. The van der Waals surface area contributed by atoms with Crippen molar-refractivity contribution < 1.29 is 14.4 Å². The number of amides is 1. The number of nitrogens with zero attached hydrogens (tertiary/aromatic N) is 1. The van der Waals surface area contributed by atoms with Crippen molar-refractivity contribution in [1.29, 1.82) is 0 Å². The second kappa shape index (κ2) is 6.21. The van der Waals surface area contributed by atoms with Crippen molar-refractivity contribution in [2.24, 2.45) is 16.8 Å². The Bertz CT molecular complexity index is 550. The number of nitrogens with one attached hydrogen (secondary N) is 1. The molecule has 1 aliphatic rings. The maximum Gasteiger partial charge on any atom is 0.252 e. The van der Waals surface area contributed by atoms with E-state index in [4.69, 9.17) is 10.9 Å². The van der Waals surface area contributed by atoms with Gasteiger partial charge in [0.25, 0.3) is 5.91 Å². The molecule has 2 atom stereocenters. The SMILES string of the molecule is N/C(=N/O)C1CCCC1NC(=O)c1cccc(F)c1Br. The van der Waals surface area contributed by atoms with Crippen LogP contribution in [0.3, 0.4) is 0 Å². The number of oxime groups is 1. The second-order valence-electron chi connectivity index (χ2n) is 4.74. The highest BCUT2D eigenvalue weighted by Crippen LogP contribution is 2.27. The molecule has 0 spiro atoms. The Morgan fingerprint density at radius 2 is 2.25 bits per heavy atom. The van der Waals surface area contributed by atoms with Gasteiger partial charge in [0.15, 0.2) is 0 Å². The van der Waals surface area contributed by atoms with Crippen molar-refractivity contribution in [1.82, 2.24) is 5.32 Å². The van der Waals surface area contributed by atoms with Crippen molar-refractivity contribution in [3.05, 3.63) is 34.1 Å². The third kappa shape index (κ3) is 2.92. The van der Waals surface area contributed by atoms with Gasteiger partial charge in [-0.15, -0.1) is 0 Å². The lowest BCUT2D eigenvalue weighted by Crippen LogP contribution is -2.42. The van der Waals surface area contributed by atoms with E-state index < -0.39 is 5.82 Å². The smallest absolute Gasteiger partial charge is 0.252 e. The van der Waals surface area contributed by atoms with Crippen LogP contribution in [0, 0.1) is 11.7 Å². The summed E-state index contributed by atoms with van der Waals surface area (Å²) in [6.45, 7) is 0. The molecule has 0 aromatic heterocycles. The zero-order valence-electron chi connectivity index (χ0n) is 10.6. The number of amidine groups is 1. The first-order valence-electron chi connectivity index (χ1n) is 6.27. The average molecular weight is 344 g/mol. The van der Waals surface area contributed by atoms with Gasteiger partial charge in [-0.05, 0) is 40.9 Å². The summed E-state index contributed by atoms with van der Waals surface area (Å²) in [7, 11) is 0. The highest BCUT2D eigenvalue weighted by Gasteiger charge is 2.32. The summed E-state index contributed by atoms with van der Waals surface area (Å²) >= 11 is 3.06. The highest BCUT2D eigenvalue weighted by molar-refractivity contribution is 9.10. The number of hydrogen-bond acceptors (Lipinski definition) is 3. The van der Waals surface area contributed by atoms with E-state index in [0.717, 1.165) is 19.3 Å². The summed E-state index contributed by atoms with van der Waals surface area (Å²) in [6, 6.07) is 4.09. The number of halogens is 2. The van der Waals surface area contributed by atoms with E-state index >= 15 is 0 Å². The lowest BCUT2D eigenvalue weighted by Gasteiger charge is -2.20. The molecular formula is C13H15BrFN3O2. The van der Waals surface area contributed by atoms with Crippen LogP contribution in [-0.2, 0) is 0 Å². The molecule has 7 heteroatoms. The maximum atomic E-state index is 13.4. The Morgan fingerprint density at radius 1 is 1.50 bits per heavy atom. The van der Waals surface area contributed by atoms with Gasteiger partial charge in [0.1, 0.15) is 11.7 Å². The van der Waals surface area contributed by atoms with Crippen LogP contribution in [0.4, 0.5) is 4.39 Å². The first-order chi connectivity index (χ1) is 9.54. The largest absolute Gasteiger partial charge is 0.409 e. The Hall–Kier alpha value is -1.63. The van der Waals surface area contributed by atoms with Gasteiger partial charge < -0.3 is 16.3 Å². The quantitative estimate of drug-likeness (QED) is 0.340. The predicted octanol–water partition coefficient (Wildman–Crippen LogP) is 2.23. The minimum absolute atomic E-state index is 0.117. The van der Waals surface area contributed by atoms with Crippen molar-refractivity contribution in [3.63, 3.8) is 0 Å². The summed E-state index contributed by atoms with van der Waals surface area (Å²) in [6.07, 6.45) is 2.39. The molecule has 1 aromatic carbocycles. The topological polar surface area (TPSA) is 87.7 Å². The summed E-state index contributed by atoms with van der Waals surface area (Å²) in [5.41, 5.74) is 5.85. The summed E-state index contributed by atoms with van der Waals surface area (Å²) < 4.78 is 13.5. The van der Waals surface area contributed by atoms with E-state index in [-0.39, 0.29) is 33.7 Å². The van der Waals surface area contributed by atoms with E-state index in [9.17, 15) is 9.18 Å². The number of carbonyl (C=O) groups excluding carboxylic acids is 1. The van der Waals surface area contributed by atoms with Gasteiger partial charge in [-0.2, -0.15) is 0 Å². The van der Waals surface area contributed by atoms with Gasteiger partial charge in [0.05, 0.1) is 10.0 Å². The Balaban J connectivity index is 2.13. The monoisotopic (exact) mass is 343 g/mol. The van der Waals surface area contributed by atoms with Gasteiger partial charge in [0.2, 0.25) is 0 Å². The van der Waals surface area contributed by atoms with Crippen molar-refractivity contribution >= 4 is 27.7 Å². The van der Waals surface area contributed by atoms with E-state index in [1.807, 2.05) is 0 Å². The summed E-state index contributed by atoms with van der Waals surface area (Å²) in [4.78, 5) is 12.2. The van der Waals surface area contributed by atoms with Crippen LogP contribution in [0.5, 0.6) is 0 Å². The van der Waals surface area contributed by atoms with Crippen LogP contribution in [0.25, 0.3) is 0 Å². The van der Waals surface area contributed by atoms with Crippen molar-refractivity contribution in [3.8, 4) is 0 Å². The standard InChI is InChI=1S/C13H15BrFN3O2/c14-11-8(4-1-5-9(11)15)13(19)17-10-6-2-3-7(10)12(16)18-20/h1,4-5,7,10,20H,2-3,6H2,(H2,16,18)(H,17,19). The number of benzene rings is 1. The molecule has 108 valence electrons. The molecule has 2 unspecified atom stereocenters. The summed E-state index contributed by atoms with van der Waals surface area (Å²) in [5.74, 6) is -0.932. The van der Waals surface area contributed by atoms with Crippen molar-refractivity contribution in [2.45, 2.75) is 25.3 Å². The molecule has 0 radical (unpaired) electrons. The van der Waals surface area contributed by atoms with Gasteiger partial charge in [-0.1, -0.05) is 17.6 Å². The molecule has 1 aliphatic carbocycles. The molecule has 5 nitrogen and oxygen atoms in total. The van der Waals surface area contributed by atoms with Crippen molar-refractivity contribution in [2.75, 3.05) is 0 Å². The molecule has 0 aliphatic heterocycles. The Labute approximate surface area is 124 Å². The normalized spacial score (nSPS) is 22.8. The predicted molar refractivity (Wildman–Crippen MR) is 76.1 cm³/mol. The number of hydrogen-bond donors (Lipinski definition) is 3. The van der Waals surface area contributed by atoms with E-state index in [1.54, 1.807) is 0 Å². The molecule has 20 heavy (non-hydrogen) atoms. The van der Waals surface area contributed by atoms with Gasteiger partial charge in [-0.3, -0.25) is 4.79 Å². The number of rotatable bonds is 3. The van der Waals surface area contributed by atoms with E-state index in [0.29, 0.717) is 0 Å². The molecule has 4 N–H and O–H groups in total. The molecule has 0 bridgehead atoms. The lowest BCUT2D eigenvalue weighted by atomic mass is 10.0. The van der Waals surface area contributed by atoms with E-state index in [1.165, 1.54) is 18.2 Å². The first-order valence-corrected chi connectivity index (χ1v) is 7.06. The molecular weight excluding hydrogens is 329 g/mol. The van der Waals surface area contributed by atoms with Gasteiger partial charge in [-0.25, -0.2) is 4.39 Å². The fraction of sp³-hybridized carbons (Fsp3) is 0.385. The Kier molecular flexibility index (Phi) is 4.59. The molecule has 2 rings (SSSR count). The molecule has 0 saturated heterocycles. The van der Waals surface area contributed by atoms with E-state index in [2.05, 4.69) is 26.4 Å². The molecule has 0 heterocycles. The van der Waals surface area contributed by atoms with Crippen LogP contribution in [0.2, 0.25) is 0 Å². The zero-order valence-corrected chi connectivity index (χ0v) is 12.2. The average Bonchev–Trinajstić information content (AvgIpc) is 2.89. The minimum Gasteiger partial charge on any atom is -0.409 e. The molecule has 1 saturated carbocycles. The third-order valence-corrected chi connectivity index (χ3v) is 4.33. The first kappa shape index (κ1) is 14.8. The Morgan fingerprint density at radius 3 is 2.95 bits per heavy atom. The van der Waals surface area contributed by atoms with Gasteiger partial charge in [0, 0.05) is 12.0 Å². The van der Waals surface area contributed by atoms with Crippen LogP contribution >= 0.6 is 15.9 Å². The number of nitrogens with two attached hydrogens (primary N) is 1. The molecule has 1 amide bonds. The second-order valence-corrected chi connectivity index (χ2v) is 5.54. The molecule has 1 aromatic rings. The fourth-order valence-electron chi connectivity index (χ4n) is 2.49. The molecule has 1 fully saturated rings. The lowest BCUT2D eigenvalue weighted by molar-refractivity contribution is 0.0932.